The zero-order valence-electron chi connectivity index (χ0n) is 15.2. The van der Waals surface area contributed by atoms with Crippen molar-refractivity contribution in [3.05, 3.63) is 0 Å². The Balaban J connectivity index is 1.58. The van der Waals surface area contributed by atoms with Crippen molar-refractivity contribution in [2.24, 2.45) is 16.8 Å². The van der Waals surface area contributed by atoms with Crippen LogP contribution in [0.3, 0.4) is 0 Å². The van der Waals surface area contributed by atoms with Gasteiger partial charge in [0.2, 0.25) is 0 Å². The fourth-order valence-corrected chi connectivity index (χ4v) is 6.51. The quantitative estimate of drug-likeness (QED) is 0.721. The molecule has 5 atom stereocenters. The van der Waals surface area contributed by atoms with Crippen molar-refractivity contribution in [2.45, 2.75) is 87.6 Å². The largest absolute Gasteiger partial charge is 0.271 e. The van der Waals surface area contributed by atoms with E-state index in [1.54, 1.807) is 16.8 Å². The molecule has 25 heavy (non-hydrogen) atoms. The van der Waals surface area contributed by atoms with Crippen molar-refractivity contribution in [1.82, 2.24) is 10.4 Å². The van der Waals surface area contributed by atoms with Crippen molar-refractivity contribution in [2.75, 3.05) is 6.26 Å². The summed E-state index contributed by atoms with van der Waals surface area (Å²) >= 11 is 8.13. The zero-order valence-corrected chi connectivity index (χ0v) is 16.7. The van der Waals surface area contributed by atoms with Gasteiger partial charge in [0.1, 0.15) is 5.54 Å². The highest BCUT2D eigenvalue weighted by Gasteiger charge is 2.57. The second-order valence-corrected chi connectivity index (χ2v) is 9.58. The Morgan fingerprint density at radius 1 is 1.12 bits per heavy atom. The number of hydrogen-bond acceptors (Lipinski definition) is 4. The molecule has 6 heteroatoms. The molecule has 4 nitrogen and oxygen atoms in total. The van der Waals surface area contributed by atoms with E-state index in [1.807, 2.05) is 6.26 Å². The third kappa shape index (κ3) is 3.14. The van der Waals surface area contributed by atoms with Crippen LogP contribution in [0.5, 0.6) is 0 Å². The Morgan fingerprint density at radius 2 is 1.84 bits per heavy atom. The predicted molar refractivity (Wildman–Crippen MR) is 105 cm³/mol. The highest BCUT2D eigenvalue weighted by atomic mass is 35.5. The number of hydrazine groups is 1. The van der Waals surface area contributed by atoms with E-state index in [0.717, 1.165) is 37.3 Å². The van der Waals surface area contributed by atoms with Crippen molar-refractivity contribution in [1.29, 1.82) is 0 Å². The minimum atomic E-state index is -0.495. The number of aliphatic imine (C=N–C) groups is 1. The molecule has 5 unspecified atom stereocenters. The molecule has 0 aromatic carbocycles. The molecule has 1 spiro atoms. The second-order valence-electron chi connectivity index (χ2n) is 8.24. The monoisotopic (exact) mass is 383 g/mol. The molecule has 1 amide bonds. The molecule has 0 aromatic heterocycles. The summed E-state index contributed by atoms with van der Waals surface area (Å²) in [5, 5.41) is 2.74. The molecule has 4 aliphatic rings. The molecule has 1 aliphatic heterocycles. The molecule has 4 rings (SSSR count). The molecule has 3 saturated carbocycles. The van der Waals surface area contributed by atoms with E-state index < -0.39 is 5.54 Å². The van der Waals surface area contributed by atoms with Gasteiger partial charge in [0.05, 0.1) is 5.38 Å². The van der Waals surface area contributed by atoms with Gasteiger partial charge in [0, 0.05) is 6.04 Å². The number of nitrogens with one attached hydrogen (secondary N) is 1. The molecular weight excluding hydrogens is 354 g/mol. The van der Waals surface area contributed by atoms with Gasteiger partial charge in [-0.2, -0.15) is 0 Å². The molecule has 0 radical (unpaired) electrons. The van der Waals surface area contributed by atoms with E-state index in [-0.39, 0.29) is 17.3 Å². The Labute approximate surface area is 160 Å². The van der Waals surface area contributed by atoms with Crippen LogP contribution in [-0.2, 0) is 4.79 Å². The van der Waals surface area contributed by atoms with Gasteiger partial charge >= 0.3 is 0 Å². The first-order valence-electron chi connectivity index (χ1n) is 10.0. The summed E-state index contributed by atoms with van der Waals surface area (Å²) in [7, 11) is 0. The van der Waals surface area contributed by atoms with Gasteiger partial charge in [0.25, 0.3) is 5.91 Å². The maximum Gasteiger partial charge on any atom is 0.271 e. The van der Waals surface area contributed by atoms with Crippen molar-refractivity contribution < 1.29 is 4.79 Å². The van der Waals surface area contributed by atoms with Gasteiger partial charge in [0.15, 0.2) is 5.17 Å². The highest BCUT2D eigenvalue weighted by molar-refractivity contribution is 8.13. The number of amidine groups is 1. The summed E-state index contributed by atoms with van der Waals surface area (Å²) in [5.74, 6) is 1.33. The van der Waals surface area contributed by atoms with E-state index >= 15 is 0 Å². The molecule has 140 valence electrons. The van der Waals surface area contributed by atoms with E-state index in [0.29, 0.717) is 11.8 Å². The van der Waals surface area contributed by atoms with Crippen molar-refractivity contribution >= 4 is 34.4 Å². The first-order valence-corrected chi connectivity index (χ1v) is 11.7. The van der Waals surface area contributed by atoms with E-state index in [2.05, 4.69) is 5.43 Å². The van der Waals surface area contributed by atoms with Crippen LogP contribution in [0.2, 0.25) is 0 Å². The van der Waals surface area contributed by atoms with E-state index in [1.165, 1.54) is 38.5 Å². The van der Waals surface area contributed by atoms with Crippen LogP contribution >= 0.6 is 23.4 Å². The van der Waals surface area contributed by atoms with Crippen molar-refractivity contribution in [3.63, 3.8) is 0 Å². The Bertz CT molecular complexity index is 555. The summed E-state index contributed by atoms with van der Waals surface area (Å²) in [6.07, 6.45) is 14.8. The summed E-state index contributed by atoms with van der Waals surface area (Å²) in [6.45, 7) is 0. The van der Waals surface area contributed by atoms with Gasteiger partial charge in [-0.1, -0.05) is 50.3 Å². The second kappa shape index (κ2) is 7.40. The predicted octanol–water partition coefficient (Wildman–Crippen LogP) is 4.33. The maximum atomic E-state index is 13.6. The number of rotatable bonds is 2. The summed E-state index contributed by atoms with van der Waals surface area (Å²) in [4.78, 5) is 18.7. The van der Waals surface area contributed by atoms with Crippen LogP contribution in [0.4, 0.5) is 0 Å². The highest BCUT2D eigenvalue weighted by Crippen LogP contribution is 2.51. The zero-order chi connectivity index (χ0) is 17.4. The number of carbonyl (C=O) groups excluding carboxylic acids is 1. The lowest BCUT2D eigenvalue weighted by Crippen LogP contribution is -2.58. The summed E-state index contributed by atoms with van der Waals surface area (Å²) in [6, 6.07) is 0.178. The smallest absolute Gasteiger partial charge is 0.270 e. The molecule has 0 saturated heterocycles. The van der Waals surface area contributed by atoms with Crippen molar-refractivity contribution in [3.8, 4) is 0 Å². The average molecular weight is 384 g/mol. The van der Waals surface area contributed by atoms with Crippen LogP contribution < -0.4 is 5.43 Å². The van der Waals surface area contributed by atoms with Crippen LogP contribution in [0, 0.1) is 11.8 Å². The lowest BCUT2D eigenvalue weighted by molar-refractivity contribution is -0.139. The molecule has 1 heterocycles. The summed E-state index contributed by atoms with van der Waals surface area (Å²) < 4.78 is 0. The Kier molecular flexibility index (Phi) is 5.36. The fraction of sp³-hybridized carbons (Fsp3) is 0.895. The number of thioether (sulfide) groups is 1. The number of carbonyl (C=O) groups is 1. The van der Waals surface area contributed by atoms with Gasteiger partial charge in [-0.05, 0) is 50.2 Å². The fourth-order valence-electron chi connectivity index (χ4n) is 5.60. The number of alkyl halides is 1. The Morgan fingerprint density at radius 3 is 2.64 bits per heavy atom. The SMILES string of the molecule is CSC1=NC2(CCCC3CCCCC32)C(=O)N1NC1CCCCC1Cl. The summed E-state index contributed by atoms with van der Waals surface area (Å²) in [5.41, 5.74) is 2.99. The molecule has 0 aromatic rings. The molecule has 3 fully saturated rings. The van der Waals surface area contributed by atoms with E-state index in [4.69, 9.17) is 16.6 Å². The van der Waals surface area contributed by atoms with Crippen LogP contribution in [0.1, 0.15) is 70.6 Å². The van der Waals surface area contributed by atoms with Gasteiger partial charge in [-0.25, -0.2) is 15.4 Å². The molecular formula is C19H30ClN3OS. The van der Waals surface area contributed by atoms with Gasteiger partial charge in [-0.15, -0.1) is 11.6 Å². The number of hydrogen-bond donors (Lipinski definition) is 1. The standard InChI is InChI=1S/C19H30ClN3OS/c1-25-18-21-19(12-6-8-13-7-2-3-9-14(13)19)17(24)23(18)22-16-11-5-4-10-15(16)20/h13-16,22H,2-12H2,1H3. The minimum Gasteiger partial charge on any atom is -0.270 e. The van der Waals surface area contributed by atoms with E-state index in [9.17, 15) is 4.79 Å². The minimum absolute atomic E-state index is 0.106. The topological polar surface area (TPSA) is 44.7 Å². The number of amides is 1. The maximum absolute atomic E-state index is 13.6. The van der Waals surface area contributed by atoms with Crippen LogP contribution in [-0.4, -0.2) is 39.3 Å². The van der Waals surface area contributed by atoms with Gasteiger partial charge < -0.3 is 0 Å². The third-order valence-corrected chi connectivity index (χ3v) is 8.04. The van der Waals surface area contributed by atoms with Gasteiger partial charge in [-0.3, -0.25) is 4.79 Å². The lowest BCUT2D eigenvalue weighted by Gasteiger charge is -2.45. The molecule has 3 aliphatic carbocycles. The first kappa shape index (κ1) is 18.1. The lowest BCUT2D eigenvalue weighted by atomic mass is 9.61. The molecule has 1 N–H and O–H groups in total. The Hall–Kier alpha value is -0.260. The number of halogens is 1. The first-order chi connectivity index (χ1) is 12.2. The van der Waals surface area contributed by atoms with Crippen LogP contribution in [0.15, 0.2) is 4.99 Å². The number of nitrogens with zero attached hydrogens (tertiary/aromatic N) is 2. The van der Waals surface area contributed by atoms with Crippen LogP contribution in [0.25, 0.3) is 0 Å². The third-order valence-electron chi connectivity index (χ3n) is 6.87. The number of fused-ring (bicyclic) bond motifs is 2. The normalized spacial score (nSPS) is 41.8. The average Bonchev–Trinajstić information content (AvgIpc) is 2.90. The molecule has 0 bridgehead atoms.